The summed E-state index contributed by atoms with van der Waals surface area (Å²) in [5.41, 5.74) is 3.04. The minimum Gasteiger partial charge on any atom is -0.497 e. The Labute approximate surface area is 202 Å². The van der Waals surface area contributed by atoms with Gasteiger partial charge in [-0.2, -0.15) is 0 Å². The van der Waals surface area contributed by atoms with Crippen molar-refractivity contribution in [3.63, 3.8) is 0 Å². The molecular weight excluding hydrogens is 446 g/mol. The van der Waals surface area contributed by atoms with Crippen molar-refractivity contribution >= 4 is 11.6 Å². The second-order valence-electron chi connectivity index (χ2n) is 8.85. The zero-order valence-corrected chi connectivity index (χ0v) is 19.5. The van der Waals surface area contributed by atoms with Crippen molar-refractivity contribution in [1.29, 1.82) is 0 Å². The molecule has 2 aromatic carbocycles. The van der Waals surface area contributed by atoms with Crippen LogP contribution in [0.2, 0.25) is 0 Å². The number of nitrogens with zero attached hydrogens (tertiary/aromatic N) is 2. The third-order valence-electron chi connectivity index (χ3n) is 6.56. The minimum absolute atomic E-state index is 0.0670. The Morgan fingerprint density at radius 1 is 1.09 bits per heavy atom. The molecule has 35 heavy (non-hydrogen) atoms. The quantitative estimate of drug-likeness (QED) is 0.390. The van der Waals surface area contributed by atoms with Crippen LogP contribution in [0.1, 0.15) is 59.6 Å². The second kappa shape index (κ2) is 9.66. The summed E-state index contributed by atoms with van der Waals surface area (Å²) in [6.07, 6.45) is 5.13. The van der Waals surface area contributed by atoms with Gasteiger partial charge in [0.25, 0.3) is 5.56 Å². The van der Waals surface area contributed by atoms with Crippen LogP contribution < -0.4 is 15.0 Å². The first kappa shape index (κ1) is 22.7. The highest BCUT2D eigenvalue weighted by molar-refractivity contribution is 5.86. The third-order valence-corrected chi connectivity index (χ3v) is 6.56. The number of aromatic carboxylic acids is 1. The number of fused-ring (bicyclic) bond motifs is 1. The highest BCUT2D eigenvalue weighted by atomic mass is 16.5. The first-order valence-corrected chi connectivity index (χ1v) is 11.8. The van der Waals surface area contributed by atoms with Crippen molar-refractivity contribution in [3.8, 4) is 22.8 Å². The summed E-state index contributed by atoms with van der Waals surface area (Å²) in [6, 6.07) is 16.6. The Morgan fingerprint density at radius 3 is 2.57 bits per heavy atom. The molecule has 0 bridgehead atoms. The van der Waals surface area contributed by atoms with E-state index in [0.717, 1.165) is 49.0 Å². The normalized spacial score (nSPS) is 14.2. The molecule has 4 aromatic rings. The molecule has 1 saturated carbocycles. The van der Waals surface area contributed by atoms with Crippen molar-refractivity contribution in [3.05, 3.63) is 81.8 Å². The summed E-state index contributed by atoms with van der Waals surface area (Å²) in [6.45, 7) is 0.400. The van der Waals surface area contributed by atoms with E-state index in [0.29, 0.717) is 29.3 Å². The van der Waals surface area contributed by atoms with Crippen LogP contribution in [0, 0.1) is 0 Å². The molecule has 2 heterocycles. The number of aromatic amines is 1. The van der Waals surface area contributed by atoms with Crippen molar-refractivity contribution in [1.82, 2.24) is 14.6 Å². The third kappa shape index (κ3) is 4.64. The molecule has 5 rings (SSSR count). The van der Waals surface area contributed by atoms with Gasteiger partial charge in [0.1, 0.15) is 23.8 Å². The minimum atomic E-state index is -1.13. The second-order valence-corrected chi connectivity index (χ2v) is 8.85. The average molecular weight is 474 g/mol. The topological polar surface area (TPSA) is 106 Å². The SMILES string of the molecule is COc1cccc(COc2ccc(-c3nc4cc(C(=O)O)[nH]n4c(=O)c3C3CCCCC3)cc2)c1. The van der Waals surface area contributed by atoms with Crippen LogP contribution >= 0.6 is 0 Å². The summed E-state index contributed by atoms with van der Waals surface area (Å²) >= 11 is 0. The number of H-pyrrole nitrogens is 1. The highest BCUT2D eigenvalue weighted by Crippen LogP contribution is 2.36. The van der Waals surface area contributed by atoms with Gasteiger partial charge in [0.2, 0.25) is 0 Å². The average Bonchev–Trinajstić information content (AvgIpc) is 3.34. The van der Waals surface area contributed by atoms with Gasteiger partial charge in [0, 0.05) is 17.2 Å². The van der Waals surface area contributed by atoms with Gasteiger partial charge >= 0.3 is 5.97 Å². The van der Waals surface area contributed by atoms with Crippen LogP contribution in [0.15, 0.2) is 59.4 Å². The number of carboxylic acids is 1. The van der Waals surface area contributed by atoms with E-state index in [2.05, 4.69) is 5.10 Å². The summed E-state index contributed by atoms with van der Waals surface area (Å²) < 4.78 is 12.5. The van der Waals surface area contributed by atoms with Crippen LogP contribution in [0.3, 0.4) is 0 Å². The van der Waals surface area contributed by atoms with E-state index in [1.165, 1.54) is 10.6 Å². The van der Waals surface area contributed by atoms with Gasteiger partial charge in [-0.1, -0.05) is 31.4 Å². The van der Waals surface area contributed by atoms with Gasteiger partial charge in [0.05, 0.1) is 12.8 Å². The molecular formula is C27H27N3O5. The lowest BCUT2D eigenvalue weighted by atomic mass is 9.83. The predicted molar refractivity (Wildman–Crippen MR) is 131 cm³/mol. The van der Waals surface area contributed by atoms with Crippen molar-refractivity contribution in [2.24, 2.45) is 0 Å². The lowest BCUT2D eigenvalue weighted by molar-refractivity contribution is 0.0690. The molecule has 8 nitrogen and oxygen atoms in total. The van der Waals surface area contributed by atoms with Gasteiger partial charge in [-0.15, -0.1) is 0 Å². The molecule has 0 saturated heterocycles. The van der Waals surface area contributed by atoms with E-state index in [1.807, 2.05) is 48.5 Å². The van der Waals surface area contributed by atoms with Gasteiger partial charge in [-0.3, -0.25) is 9.89 Å². The Balaban J connectivity index is 1.48. The molecule has 0 radical (unpaired) electrons. The van der Waals surface area contributed by atoms with E-state index in [-0.39, 0.29) is 17.2 Å². The van der Waals surface area contributed by atoms with Gasteiger partial charge in [0.15, 0.2) is 5.65 Å². The number of carboxylic acid groups (broad SMARTS) is 1. The Bertz CT molecular complexity index is 1420. The van der Waals surface area contributed by atoms with Gasteiger partial charge in [-0.25, -0.2) is 14.3 Å². The monoisotopic (exact) mass is 473 g/mol. The fraction of sp³-hybridized carbons (Fsp3) is 0.296. The largest absolute Gasteiger partial charge is 0.497 e. The van der Waals surface area contributed by atoms with Gasteiger partial charge < -0.3 is 14.6 Å². The number of benzene rings is 2. The first-order valence-electron chi connectivity index (χ1n) is 11.8. The number of hydrogen-bond donors (Lipinski definition) is 2. The molecule has 0 aliphatic heterocycles. The van der Waals surface area contributed by atoms with Crippen molar-refractivity contribution in [2.75, 3.05) is 7.11 Å². The van der Waals surface area contributed by atoms with E-state index in [9.17, 15) is 14.7 Å². The standard InChI is InChI=1S/C27H27N3O5/c1-34-21-9-5-6-17(14-21)16-35-20-12-10-19(11-13-20)25-24(18-7-3-2-4-8-18)26(31)30-23(28-25)15-22(29-30)27(32)33/h5-6,9-15,18,29H,2-4,7-8,16H2,1H3,(H,32,33). The summed E-state index contributed by atoms with van der Waals surface area (Å²) in [4.78, 5) is 29.7. The number of methoxy groups -OCH3 is 1. The molecule has 0 unspecified atom stereocenters. The number of carbonyl (C=O) groups is 1. The lowest BCUT2D eigenvalue weighted by Gasteiger charge is -2.23. The summed E-state index contributed by atoms with van der Waals surface area (Å²) in [5.74, 6) is 0.438. The lowest BCUT2D eigenvalue weighted by Crippen LogP contribution is -2.25. The molecule has 0 spiro atoms. The molecule has 2 N–H and O–H groups in total. The molecule has 2 aromatic heterocycles. The highest BCUT2D eigenvalue weighted by Gasteiger charge is 2.26. The maximum absolute atomic E-state index is 13.5. The van der Waals surface area contributed by atoms with E-state index in [4.69, 9.17) is 14.5 Å². The first-order chi connectivity index (χ1) is 17.0. The Hall–Kier alpha value is -4.07. The van der Waals surface area contributed by atoms with Gasteiger partial charge in [-0.05, 0) is 60.7 Å². The predicted octanol–water partition coefficient (Wildman–Crippen LogP) is 5.02. The summed E-state index contributed by atoms with van der Waals surface area (Å²) in [7, 11) is 1.63. The van der Waals surface area contributed by atoms with Crippen LogP contribution in [0.25, 0.3) is 16.9 Å². The Kier molecular flexibility index (Phi) is 6.27. The van der Waals surface area contributed by atoms with Crippen LogP contribution in [0.4, 0.5) is 0 Å². The molecule has 0 amide bonds. The van der Waals surface area contributed by atoms with E-state index in [1.54, 1.807) is 7.11 Å². The van der Waals surface area contributed by atoms with Crippen LogP contribution in [-0.4, -0.2) is 32.8 Å². The number of rotatable bonds is 7. The van der Waals surface area contributed by atoms with E-state index >= 15 is 0 Å². The fourth-order valence-electron chi connectivity index (χ4n) is 4.76. The molecule has 1 fully saturated rings. The summed E-state index contributed by atoms with van der Waals surface area (Å²) in [5, 5.41) is 12.1. The zero-order valence-electron chi connectivity index (χ0n) is 19.5. The molecule has 1 aliphatic rings. The fourth-order valence-corrected chi connectivity index (χ4v) is 4.76. The zero-order chi connectivity index (χ0) is 24.4. The molecule has 1 aliphatic carbocycles. The Morgan fingerprint density at radius 2 is 1.86 bits per heavy atom. The van der Waals surface area contributed by atoms with Crippen LogP contribution in [0.5, 0.6) is 11.5 Å². The number of aromatic nitrogens is 3. The van der Waals surface area contributed by atoms with Crippen molar-refractivity contribution < 1.29 is 19.4 Å². The number of nitrogens with one attached hydrogen (secondary N) is 1. The molecule has 8 heteroatoms. The molecule has 180 valence electrons. The van der Waals surface area contributed by atoms with Crippen molar-refractivity contribution in [2.45, 2.75) is 44.6 Å². The molecule has 0 atom stereocenters. The number of hydrogen-bond acceptors (Lipinski definition) is 5. The maximum Gasteiger partial charge on any atom is 0.353 e. The van der Waals surface area contributed by atoms with E-state index < -0.39 is 5.97 Å². The van der Waals surface area contributed by atoms with Crippen LogP contribution in [-0.2, 0) is 6.61 Å². The smallest absolute Gasteiger partial charge is 0.353 e. The maximum atomic E-state index is 13.5. The number of ether oxygens (including phenoxy) is 2.